The lowest BCUT2D eigenvalue weighted by atomic mass is 9.90. The van der Waals surface area contributed by atoms with Crippen LogP contribution in [0.3, 0.4) is 0 Å². The molecule has 0 fully saturated rings. The highest BCUT2D eigenvalue weighted by Gasteiger charge is 2.33. The summed E-state index contributed by atoms with van der Waals surface area (Å²) in [7, 11) is 0. The van der Waals surface area contributed by atoms with Crippen LogP contribution in [-0.2, 0) is 4.79 Å². The Hall–Kier alpha value is -2.60. The molecule has 0 saturated heterocycles. The first-order valence-electron chi connectivity index (χ1n) is 8.81. The van der Waals surface area contributed by atoms with E-state index >= 15 is 0 Å². The van der Waals surface area contributed by atoms with Crippen LogP contribution < -0.4 is 15.4 Å². The number of Topliss-reactive ketones (excluding diaryl/α,β-unsaturated/α-hetero) is 1. The molecule has 0 aliphatic carbocycles. The molecule has 1 heterocycles. The Labute approximate surface area is 166 Å². The Bertz CT molecular complexity index is 894. The summed E-state index contributed by atoms with van der Waals surface area (Å²) >= 11 is 3.48. The largest absolute Gasteiger partial charge is 0.493 e. The molecule has 0 spiro atoms. The zero-order valence-corrected chi connectivity index (χ0v) is 16.8. The minimum atomic E-state index is -0.601. The van der Waals surface area contributed by atoms with Crippen LogP contribution in [0, 0.1) is 0 Å². The van der Waals surface area contributed by atoms with Gasteiger partial charge in [0, 0.05) is 15.6 Å². The average Bonchev–Trinajstić information content (AvgIpc) is 2.66. The number of rotatable bonds is 6. The van der Waals surface area contributed by atoms with Gasteiger partial charge in [-0.25, -0.2) is 4.79 Å². The average molecular weight is 429 g/mol. The van der Waals surface area contributed by atoms with E-state index in [1.807, 2.05) is 55.5 Å². The van der Waals surface area contributed by atoms with Gasteiger partial charge in [-0.3, -0.25) is 4.79 Å². The van der Waals surface area contributed by atoms with Gasteiger partial charge in [-0.2, -0.15) is 0 Å². The molecule has 27 heavy (non-hydrogen) atoms. The van der Waals surface area contributed by atoms with E-state index in [0.717, 1.165) is 22.0 Å². The molecule has 2 aromatic carbocycles. The molecule has 5 nitrogen and oxygen atoms in total. The van der Waals surface area contributed by atoms with Crippen molar-refractivity contribution in [2.45, 2.75) is 26.3 Å². The van der Waals surface area contributed by atoms with Crippen LogP contribution in [0.25, 0.3) is 5.70 Å². The minimum Gasteiger partial charge on any atom is -0.493 e. The first-order chi connectivity index (χ1) is 13.0. The number of nitrogens with one attached hydrogen (secondary N) is 2. The summed E-state index contributed by atoms with van der Waals surface area (Å²) in [6.07, 6.45) is 0.860. The number of hydrogen-bond acceptors (Lipinski definition) is 3. The number of ether oxygens (including phenoxy) is 1. The molecular weight excluding hydrogens is 408 g/mol. The number of amides is 2. The van der Waals surface area contributed by atoms with Crippen LogP contribution >= 0.6 is 15.9 Å². The van der Waals surface area contributed by atoms with Gasteiger partial charge in [0.2, 0.25) is 0 Å². The van der Waals surface area contributed by atoms with Crippen LogP contribution in [0.4, 0.5) is 4.79 Å². The van der Waals surface area contributed by atoms with Crippen molar-refractivity contribution in [1.29, 1.82) is 0 Å². The van der Waals surface area contributed by atoms with Crippen molar-refractivity contribution >= 4 is 33.4 Å². The molecule has 2 N–H and O–H groups in total. The molecule has 140 valence electrons. The maximum absolute atomic E-state index is 12.6. The normalized spacial score (nSPS) is 16.6. The van der Waals surface area contributed by atoms with Gasteiger partial charge in [0.05, 0.1) is 18.3 Å². The predicted octanol–water partition coefficient (Wildman–Crippen LogP) is 4.59. The van der Waals surface area contributed by atoms with Crippen LogP contribution in [0.2, 0.25) is 0 Å². The number of carbonyl (C=O) groups is 2. The topological polar surface area (TPSA) is 67.4 Å². The van der Waals surface area contributed by atoms with Gasteiger partial charge in [0.25, 0.3) is 0 Å². The van der Waals surface area contributed by atoms with Gasteiger partial charge in [-0.05, 0) is 37.1 Å². The molecule has 1 aliphatic rings. The first-order valence-corrected chi connectivity index (χ1v) is 9.60. The van der Waals surface area contributed by atoms with Gasteiger partial charge in [0.1, 0.15) is 5.75 Å². The summed E-state index contributed by atoms with van der Waals surface area (Å²) in [5.41, 5.74) is 2.55. The van der Waals surface area contributed by atoms with Crippen molar-refractivity contribution in [2.24, 2.45) is 0 Å². The molecule has 0 bridgehead atoms. The molecule has 2 aromatic rings. The summed E-state index contributed by atoms with van der Waals surface area (Å²) in [5.74, 6) is 0.534. The van der Waals surface area contributed by atoms with E-state index in [1.165, 1.54) is 6.92 Å². The molecule has 6 heteroatoms. The van der Waals surface area contributed by atoms with Gasteiger partial charge < -0.3 is 15.4 Å². The number of hydrogen-bond donors (Lipinski definition) is 2. The van der Waals surface area contributed by atoms with E-state index in [1.54, 1.807) is 0 Å². The first kappa shape index (κ1) is 19.2. The Morgan fingerprint density at radius 3 is 2.59 bits per heavy atom. The third-order valence-corrected chi connectivity index (χ3v) is 4.75. The third-order valence-electron chi connectivity index (χ3n) is 4.26. The monoisotopic (exact) mass is 428 g/mol. The zero-order chi connectivity index (χ0) is 19.4. The standard InChI is InChI=1S/C21H21BrN2O3/c1-3-11-27-17-10-9-15(22)12-16(17)20-18(13(2)25)19(23-21(26)24-20)14-7-5-4-6-8-14/h4-10,12,20H,3,11H2,1-2H3,(H2,23,24,26)/t20-/m1/s1. The van der Waals surface area contributed by atoms with E-state index in [4.69, 9.17) is 4.74 Å². The highest BCUT2D eigenvalue weighted by molar-refractivity contribution is 9.10. The lowest BCUT2D eigenvalue weighted by molar-refractivity contribution is -0.113. The Morgan fingerprint density at radius 2 is 1.93 bits per heavy atom. The SMILES string of the molecule is CCCOc1ccc(Br)cc1[C@H]1NC(=O)NC(c2ccccc2)=C1C(C)=O. The molecule has 0 unspecified atom stereocenters. The second-order valence-corrected chi connectivity index (χ2v) is 7.19. The fraction of sp³-hybridized carbons (Fsp3) is 0.238. The van der Waals surface area contributed by atoms with E-state index < -0.39 is 6.04 Å². The summed E-state index contributed by atoms with van der Waals surface area (Å²) in [6, 6.07) is 14.0. The smallest absolute Gasteiger partial charge is 0.320 e. The van der Waals surface area contributed by atoms with Crippen LogP contribution in [0.5, 0.6) is 5.75 Å². The van der Waals surface area contributed by atoms with Crippen molar-refractivity contribution in [2.75, 3.05) is 6.61 Å². The maximum Gasteiger partial charge on any atom is 0.320 e. The second-order valence-electron chi connectivity index (χ2n) is 6.27. The van der Waals surface area contributed by atoms with Gasteiger partial charge >= 0.3 is 6.03 Å². The lowest BCUT2D eigenvalue weighted by Crippen LogP contribution is -2.44. The Morgan fingerprint density at radius 1 is 1.19 bits per heavy atom. The number of halogens is 1. The van der Waals surface area contributed by atoms with E-state index in [9.17, 15) is 9.59 Å². The fourth-order valence-electron chi connectivity index (χ4n) is 3.10. The van der Waals surface area contributed by atoms with E-state index in [2.05, 4.69) is 26.6 Å². The van der Waals surface area contributed by atoms with Crippen LogP contribution in [-0.4, -0.2) is 18.4 Å². The Kier molecular flexibility index (Phi) is 5.96. The molecule has 1 atom stereocenters. The lowest BCUT2D eigenvalue weighted by Gasteiger charge is -2.30. The van der Waals surface area contributed by atoms with Gasteiger partial charge in [0.15, 0.2) is 5.78 Å². The maximum atomic E-state index is 12.6. The van der Waals surface area contributed by atoms with Crippen molar-refractivity contribution in [3.63, 3.8) is 0 Å². The van der Waals surface area contributed by atoms with Crippen molar-refractivity contribution in [1.82, 2.24) is 10.6 Å². The number of urea groups is 1. The number of ketones is 1. The molecule has 3 rings (SSSR count). The quantitative estimate of drug-likeness (QED) is 0.706. The molecule has 2 amide bonds. The van der Waals surface area contributed by atoms with Gasteiger partial charge in [-0.1, -0.05) is 53.2 Å². The summed E-state index contributed by atoms with van der Waals surface area (Å²) in [6.45, 7) is 4.09. The molecule has 0 aromatic heterocycles. The summed E-state index contributed by atoms with van der Waals surface area (Å²) in [4.78, 5) is 25.0. The highest BCUT2D eigenvalue weighted by atomic mass is 79.9. The summed E-state index contributed by atoms with van der Waals surface area (Å²) < 4.78 is 6.72. The molecule has 0 saturated carbocycles. The van der Waals surface area contributed by atoms with Crippen molar-refractivity contribution in [3.8, 4) is 5.75 Å². The third kappa shape index (κ3) is 4.22. The fourth-order valence-corrected chi connectivity index (χ4v) is 3.48. The van der Waals surface area contributed by atoms with Gasteiger partial charge in [-0.15, -0.1) is 0 Å². The van der Waals surface area contributed by atoms with Crippen molar-refractivity contribution < 1.29 is 14.3 Å². The minimum absolute atomic E-state index is 0.118. The van der Waals surface area contributed by atoms with Crippen molar-refractivity contribution in [3.05, 3.63) is 69.7 Å². The van der Waals surface area contributed by atoms with Crippen LogP contribution in [0.15, 0.2) is 58.6 Å². The highest BCUT2D eigenvalue weighted by Crippen LogP contribution is 2.37. The number of carbonyl (C=O) groups excluding carboxylic acids is 2. The zero-order valence-electron chi connectivity index (χ0n) is 15.2. The second kappa shape index (κ2) is 8.39. The molecule has 0 radical (unpaired) electrons. The van der Waals surface area contributed by atoms with E-state index in [-0.39, 0.29) is 11.8 Å². The van der Waals surface area contributed by atoms with E-state index in [0.29, 0.717) is 23.6 Å². The molecular formula is C21H21BrN2O3. The predicted molar refractivity (Wildman–Crippen MR) is 108 cm³/mol. The number of benzene rings is 2. The Balaban J connectivity index is 2.18. The summed E-state index contributed by atoms with van der Waals surface area (Å²) in [5, 5.41) is 5.68. The molecule has 1 aliphatic heterocycles. The van der Waals surface area contributed by atoms with Crippen LogP contribution in [0.1, 0.15) is 37.4 Å².